The monoisotopic (exact) mass is 466 g/mol. The summed E-state index contributed by atoms with van der Waals surface area (Å²) in [5, 5.41) is 2.86. The Morgan fingerprint density at radius 3 is 2.47 bits per heavy atom. The van der Waals surface area contributed by atoms with E-state index in [2.05, 4.69) is 15.0 Å². The first-order valence-electron chi connectivity index (χ1n) is 9.91. The van der Waals surface area contributed by atoms with Crippen molar-refractivity contribution in [3.05, 3.63) is 95.9 Å². The Balaban J connectivity index is 1.31. The lowest BCUT2D eigenvalue weighted by molar-refractivity contribution is 0.0951. The molecule has 0 aliphatic carbocycles. The maximum atomic E-state index is 12.4. The first-order valence-corrected chi connectivity index (χ1v) is 12.4. The molecule has 2 heterocycles. The topological polar surface area (TPSA) is 92.6 Å². The first-order chi connectivity index (χ1) is 15.4. The van der Waals surface area contributed by atoms with Crippen LogP contribution in [0.15, 0.2) is 88.9 Å². The quantitative estimate of drug-likeness (QED) is 0.388. The van der Waals surface area contributed by atoms with Crippen molar-refractivity contribution in [1.82, 2.24) is 19.4 Å². The van der Waals surface area contributed by atoms with Gasteiger partial charge in [0.05, 0.1) is 10.6 Å². The number of carbonyl (C=O) groups is 1. The minimum Gasteiger partial charge on any atom is -0.348 e. The zero-order valence-electron chi connectivity index (χ0n) is 17.4. The van der Waals surface area contributed by atoms with E-state index in [0.29, 0.717) is 12.1 Å². The van der Waals surface area contributed by atoms with Gasteiger partial charge in [-0.1, -0.05) is 18.2 Å². The predicted molar refractivity (Wildman–Crippen MR) is 125 cm³/mol. The number of carbonyl (C=O) groups excluding carboxylic acids is 1. The van der Waals surface area contributed by atoms with Gasteiger partial charge in [-0.15, -0.1) is 11.8 Å². The lowest BCUT2D eigenvalue weighted by Gasteiger charge is -2.08. The minimum absolute atomic E-state index is 0.186. The van der Waals surface area contributed by atoms with Crippen LogP contribution in [0, 0.1) is 0 Å². The normalized spacial score (nSPS) is 11.5. The van der Waals surface area contributed by atoms with E-state index in [1.807, 2.05) is 47.1 Å². The van der Waals surface area contributed by atoms with Crippen molar-refractivity contribution in [3.63, 3.8) is 0 Å². The summed E-state index contributed by atoms with van der Waals surface area (Å²) in [5.74, 6) is 0.556. The highest BCUT2D eigenvalue weighted by atomic mass is 32.2. The first kappa shape index (κ1) is 22.1. The summed E-state index contributed by atoms with van der Waals surface area (Å²) in [7, 11) is -2.10. The molecule has 0 fully saturated rings. The molecule has 2 aromatic carbocycles. The number of pyridine rings is 1. The Bertz CT molecular complexity index is 1300. The maximum absolute atomic E-state index is 12.4. The molecule has 4 rings (SSSR count). The van der Waals surface area contributed by atoms with E-state index >= 15 is 0 Å². The fourth-order valence-corrected chi connectivity index (χ4v) is 4.62. The summed E-state index contributed by atoms with van der Waals surface area (Å²) in [6.07, 6.45) is 3.99. The molecule has 0 aliphatic rings. The van der Waals surface area contributed by atoms with Crippen LogP contribution in [-0.2, 0) is 22.3 Å². The molecule has 2 aromatic heterocycles. The van der Waals surface area contributed by atoms with E-state index in [9.17, 15) is 13.2 Å². The molecule has 0 saturated carbocycles. The maximum Gasteiger partial charge on any atom is 0.251 e. The Labute approximate surface area is 190 Å². The van der Waals surface area contributed by atoms with E-state index in [1.54, 1.807) is 36.0 Å². The number of aromatic nitrogens is 2. The van der Waals surface area contributed by atoms with Crippen molar-refractivity contribution in [2.45, 2.75) is 22.1 Å². The summed E-state index contributed by atoms with van der Waals surface area (Å²) in [5.41, 5.74) is 3.30. The molecule has 0 radical (unpaired) electrons. The number of hydrogen-bond donors (Lipinski definition) is 2. The summed E-state index contributed by atoms with van der Waals surface area (Å²) in [6.45, 7) is 0.309. The van der Waals surface area contributed by atoms with Crippen LogP contribution in [0.25, 0.3) is 5.65 Å². The van der Waals surface area contributed by atoms with Gasteiger partial charge >= 0.3 is 0 Å². The number of thioether (sulfide) groups is 1. The van der Waals surface area contributed by atoms with Crippen LogP contribution in [0.2, 0.25) is 0 Å². The van der Waals surface area contributed by atoms with E-state index in [-0.39, 0.29) is 10.8 Å². The second kappa shape index (κ2) is 9.56. The van der Waals surface area contributed by atoms with Gasteiger partial charge in [0, 0.05) is 35.2 Å². The van der Waals surface area contributed by atoms with Crippen LogP contribution >= 0.6 is 11.8 Å². The van der Waals surface area contributed by atoms with E-state index < -0.39 is 10.0 Å². The van der Waals surface area contributed by atoms with Crippen LogP contribution in [-0.4, -0.2) is 30.8 Å². The standard InChI is InChI=1S/C23H22N4O3S2/c1-24-32(29,30)21-11-5-17(6-12-21)14-25-23(28)18-7-9-20(10-8-18)31-16-19-15-27-13-3-2-4-22(27)26-19/h2-13,15,24H,14,16H2,1H3,(H,25,28). The number of sulfonamides is 1. The van der Waals surface area contributed by atoms with Crippen LogP contribution < -0.4 is 10.0 Å². The largest absolute Gasteiger partial charge is 0.348 e. The van der Waals surface area contributed by atoms with Crippen molar-refractivity contribution in [2.24, 2.45) is 0 Å². The van der Waals surface area contributed by atoms with Gasteiger partial charge in [0.25, 0.3) is 5.91 Å². The molecule has 1 amide bonds. The second-order valence-corrected chi connectivity index (χ2v) is 9.98. The van der Waals surface area contributed by atoms with Gasteiger partial charge in [-0.2, -0.15) is 0 Å². The lowest BCUT2D eigenvalue weighted by Crippen LogP contribution is -2.23. The molecule has 0 saturated heterocycles. The third kappa shape index (κ3) is 5.18. The molecule has 7 nitrogen and oxygen atoms in total. The van der Waals surface area contributed by atoms with E-state index in [0.717, 1.165) is 27.6 Å². The Kier molecular flexibility index (Phi) is 6.59. The van der Waals surface area contributed by atoms with Gasteiger partial charge in [-0.05, 0) is 61.1 Å². The van der Waals surface area contributed by atoms with Gasteiger partial charge in [-0.3, -0.25) is 4.79 Å². The van der Waals surface area contributed by atoms with Crippen LogP contribution in [0.1, 0.15) is 21.6 Å². The Morgan fingerprint density at radius 2 is 1.78 bits per heavy atom. The highest BCUT2D eigenvalue weighted by Crippen LogP contribution is 2.23. The van der Waals surface area contributed by atoms with E-state index in [1.165, 1.54) is 19.2 Å². The summed E-state index contributed by atoms with van der Waals surface area (Å²) in [6, 6.07) is 19.7. The highest BCUT2D eigenvalue weighted by Gasteiger charge is 2.11. The molecule has 9 heteroatoms. The van der Waals surface area contributed by atoms with Crippen molar-refractivity contribution in [3.8, 4) is 0 Å². The number of fused-ring (bicyclic) bond motifs is 1. The van der Waals surface area contributed by atoms with Crippen molar-refractivity contribution in [2.75, 3.05) is 7.05 Å². The molecule has 32 heavy (non-hydrogen) atoms. The SMILES string of the molecule is CNS(=O)(=O)c1ccc(CNC(=O)c2ccc(SCc3cn4ccccc4n3)cc2)cc1. The van der Waals surface area contributed by atoms with Gasteiger partial charge in [0.1, 0.15) is 5.65 Å². The fraction of sp³-hybridized carbons (Fsp3) is 0.130. The average molecular weight is 467 g/mol. The molecular weight excluding hydrogens is 444 g/mol. The molecule has 0 atom stereocenters. The average Bonchev–Trinajstić information content (AvgIpc) is 3.25. The zero-order chi connectivity index (χ0) is 22.6. The number of nitrogens with one attached hydrogen (secondary N) is 2. The molecule has 4 aromatic rings. The van der Waals surface area contributed by atoms with Gasteiger partial charge in [0.15, 0.2) is 0 Å². The van der Waals surface area contributed by atoms with Gasteiger partial charge < -0.3 is 9.72 Å². The van der Waals surface area contributed by atoms with Crippen molar-refractivity contribution in [1.29, 1.82) is 0 Å². The number of rotatable bonds is 8. The fourth-order valence-electron chi connectivity index (χ4n) is 3.11. The third-order valence-electron chi connectivity index (χ3n) is 4.87. The number of benzene rings is 2. The number of nitrogens with zero attached hydrogens (tertiary/aromatic N) is 2. The Morgan fingerprint density at radius 1 is 1.03 bits per heavy atom. The molecule has 164 valence electrons. The predicted octanol–water partition coefficient (Wildman–Crippen LogP) is 3.46. The van der Waals surface area contributed by atoms with E-state index in [4.69, 9.17) is 0 Å². The zero-order valence-corrected chi connectivity index (χ0v) is 19.0. The molecule has 0 aliphatic heterocycles. The summed E-state index contributed by atoms with van der Waals surface area (Å²) >= 11 is 1.66. The lowest BCUT2D eigenvalue weighted by atomic mass is 10.2. The van der Waals surface area contributed by atoms with Crippen LogP contribution in [0.4, 0.5) is 0 Å². The molecule has 2 N–H and O–H groups in total. The van der Waals surface area contributed by atoms with Gasteiger partial charge in [0.2, 0.25) is 10.0 Å². The second-order valence-electron chi connectivity index (χ2n) is 7.05. The van der Waals surface area contributed by atoms with Crippen molar-refractivity contribution < 1.29 is 13.2 Å². The molecule has 0 unspecified atom stereocenters. The summed E-state index contributed by atoms with van der Waals surface area (Å²) < 4.78 is 27.8. The van der Waals surface area contributed by atoms with Crippen LogP contribution in [0.5, 0.6) is 0 Å². The summed E-state index contributed by atoms with van der Waals surface area (Å²) in [4.78, 5) is 18.3. The molecular formula is C23H22N4O3S2. The minimum atomic E-state index is -3.47. The highest BCUT2D eigenvalue weighted by molar-refractivity contribution is 7.98. The third-order valence-corrected chi connectivity index (χ3v) is 7.35. The number of amides is 1. The van der Waals surface area contributed by atoms with Crippen molar-refractivity contribution >= 4 is 33.3 Å². The van der Waals surface area contributed by atoms with Gasteiger partial charge in [-0.25, -0.2) is 18.1 Å². The number of imidazole rings is 1. The van der Waals surface area contributed by atoms with Crippen LogP contribution in [0.3, 0.4) is 0 Å². The molecule has 0 bridgehead atoms. The molecule has 0 spiro atoms. The Hall–Kier alpha value is -3.14. The smallest absolute Gasteiger partial charge is 0.251 e. The number of hydrogen-bond acceptors (Lipinski definition) is 5.